The van der Waals surface area contributed by atoms with Gasteiger partial charge in [0.15, 0.2) is 0 Å². The van der Waals surface area contributed by atoms with Crippen molar-refractivity contribution < 1.29 is 4.79 Å². The Morgan fingerprint density at radius 2 is 1.93 bits per heavy atom. The number of fused-ring (bicyclic) bond motifs is 2. The highest BCUT2D eigenvalue weighted by Gasteiger charge is 2.20. The first kappa shape index (κ1) is 17.0. The molecule has 0 unspecified atom stereocenters. The van der Waals surface area contributed by atoms with Crippen molar-refractivity contribution in [2.45, 2.75) is 0 Å². The number of aromatic nitrogens is 4. The van der Waals surface area contributed by atoms with E-state index >= 15 is 0 Å². The number of H-pyrrole nitrogens is 2. The highest BCUT2D eigenvalue weighted by atomic mass is 16.2. The topological polar surface area (TPSA) is 104 Å². The highest BCUT2D eigenvalue weighted by molar-refractivity contribution is 6.14. The first-order valence-electron chi connectivity index (χ1n) is 9.15. The van der Waals surface area contributed by atoms with Crippen LogP contribution < -0.4 is 10.6 Å². The van der Waals surface area contributed by atoms with Gasteiger partial charge < -0.3 is 15.6 Å². The number of amides is 1. The number of carbonyl (C=O) groups is 1. The summed E-state index contributed by atoms with van der Waals surface area (Å²) in [6, 6.07) is 15.3. The second kappa shape index (κ2) is 6.49. The lowest BCUT2D eigenvalue weighted by atomic mass is 9.99. The quantitative estimate of drug-likeness (QED) is 0.439. The molecule has 0 spiro atoms. The Bertz CT molecular complexity index is 1350. The molecule has 2 aromatic carbocycles. The Morgan fingerprint density at radius 3 is 2.76 bits per heavy atom. The molecule has 3 aromatic heterocycles. The summed E-state index contributed by atoms with van der Waals surface area (Å²) >= 11 is 0. The maximum absolute atomic E-state index is 13.3. The molecular formula is C22H18N6O. The van der Waals surface area contributed by atoms with Crippen LogP contribution in [0.5, 0.6) is 0 Å². The molecule has 7 nitrogen and oxygen atoms in total. The van der Waals surface area contributed by atoms with Crippen molar-refractivity contribution >= 4 is 39.2 Å². The van der Waals surface area contributed by atoms with Gasteiger partial charge in [0.05, 0.1) is 29.0 Å². The molecule has 29 heavy (non-hydrogen) atoms. The Labute approximate surface area is 166 Å². The average Bonchev–Trinajstić information content (AvgIpc) is 3.39. The van der Waals surface area contributed by atoms with E-state index in [0.717, 1.165) is 33.1 Å². The van der Waals surface area contributed by atoms with Gasteiger partial charge in [0, 0.05) is 35.3 Å². The number of hydrogen-bond donors (Lipinski definition) is 3. The van der Waals surface area contributed by atoms with Crippen molar-refractivity contribution in [3.05, 3.63) is 72.7 Å². The van der Waals surface area contributed by atoms with Crippen LogP contribution in [0.4, 0.5) is 11.5 Å². The first-order valence-corrected chi connectivity index (χ1v) is 9.15. The lowest BCUT2D eigenvalue weighted by Gasteiger charge is -2.18. The molecule has 4 N–H and O–H groups in total. The fourth-order valence-corrected chi connectivity index (χ4v) is 3.61. The number of rotatable bonds is 3. The van der Waals surface area contributed by atoms with Crippen molar-refractivity contribution in [2.75, 3.05) is 17.7 Å². The first-order chi connectivity index (χ1) is 14.1. The molecule has 0 saturated heterocycles. The maximum Gasteiger partial charge on any atom is 0.260 e. The molecule has 0 radical (unpaired) electrons. The van der Waals surface area contributed by atoms with Gasteiger partial charge in [0.25, 0.3) is 5.91 Å². The Kier molecular flexibility index (Phi) is 3.80. The van der Waals surface area contributed by atoms with Crippen LogP contribution in [-0.4, -0.2) is 33.1 Å². The van der Waals surface area contributed by atoms with E-state index in [4.69, 9.17) is 5.73 Å². The number of para-hydroxylation sites is 1. The number of carbonyl (C=O) groups excluding carboxylic acids is 1. The monoisotopic (exact) mass is 382 g/mol. The van der Waals surface area contributed by atoms with Crippen LogP contribution in [0.25, 0.3) is 32.9 Å². The van der Waals surface area contributed by atoms with E-state index < -0.39 is 0 Å². The molecule has 5 aromatic rings. The number of nitrogen functional groups attached to an aromatic ring is 1. The van der Waals surface area contributed by atoms with Gasteiger partial charge in [0.2, 0.25) is 0 Å². The van der Waals surface area contributed by atoms with Crippen molar-refractivity contribution in [1.29, 1.82) is 0 Å². The number of aromatic amines is 2. The van der Waals surface area contributed by atoms with E-state index in [1.807, 2.05) is 54.7 Å². The lowest BCUT2D eigenvalue weighted by molar-refractivity contribution is 0.0994. The van der Waals surface area contributed by atoms with E-state index in [9.17, 15) is 4.79 Å². The number of nitrogens with zero attached hydrogens (tertiary/aromatic N) is 3. The molecule has 0 aliphatic heterocycles. The van der Waals surface area contributed by atoms with Crippen LogP contribution in [0.15, 0.2) is 67.1 Å². The van der Waals surface area contributed by atoms with E-state index in [1.54, 1.807) is 24.3 Å². The normalized spacial score (nSPS) is 11.2. The van der Waals surface area contributed by atoms with Crippen LogP contribution in [0, 0.1) is 0 Å². The van der Waals surface area contributed by atoms with Crippen LogP contribution in [0.1, 0.15) is 10.4 Å². The molecule has 3 heterocycles. The Balaban J connectivity index is 1.68. The predicted octanol–water partition coefficient (Wildman–Crippen LogP) is 3.97. The van der Waals surface area contributed by atoms with Crippen LogP contribution in [-0.2, 0) is 0 Å². The zero-order chi connectivity index (χ0) is 20.0. The zero-order valence-corrected chi connectivity index (χ0v) is 15.7. The summed E-state index contributed by atoms with van der Waals surface area (Å²) in [6.07, 6.45) is 5.34. The fraction of sp³-hybridized carbons (Fsp3) is 0.0455. The smallest absolute Gasteiger partial charge is 0.260 e. The van der Waals surface area contributed by atoms with Gasteiger partial charge in [-0.05, 0) is 35.9 Å². The van der Waals surface area contributed by atoms with Crippen molar-refractivity contribution in [1.82, 2.24) is 20.2 Å². The minimum atomic E-state index is -0.117. The van der Waals surface area contributed by atoms with Gasteiger partial charge in [-0.15, -0.1) is 0 Å². The van der Waals surface area contributed by atoms with Gasteiger partial charge in [-0.2, -0.15) is 5.10 Å². The second-order valence-electron chi connectivity index (χ2n) is 6.91. The summed E-state index contributed by atoms with van der Waals surface area (Å²) in [5, 5.41) is 8.92. The standard InChI is InChI=1S/C22H18N6O/c1-28(15-5-3-2-4-6-15)22(29)17-8-13(7-14-10-26-27-21(14)17)18-11-24-19-12-25-20(23)9-16(18)19/h2-12,24H,1H3,(H2,23,25)(H,26,27). The Morgan fingerprint density at radius 1 is 1.10 bits per heavy atom. The van der Waals surface area contributed by atoms with Gasteiger partial charge >= 0.3 is 0 Å². The molecule has 0 aliphatic rings. The number of hydrogen-bond acceptors (Lipinski definition) is 4. The summed E-state index contributed by atoms with van der Waals surface area (Å²) < 4.78 is 0. The summed E-state index contributed by atoms with van der Waals surface area (Å²) in [5.74, 6) is 0.330. The third kappa shape index (κ3) is 2.80. The number of anilines is 2. The van der Waals surface area contributed by atoms with Crippen LogP contribution >= 0.6 is 0 Å². The summed E-state index contributed by atoms with van der Waals surface area (Å²) in [5.41, 5.74) is 10.7. The number of pyridine rings is 1. The maximum atomic E-state index is 13.3. The van der Waals surface area contributed by atoms with E-state index in [0.29, 0.717) is 16.9 Å². The van der Waals surface area contributed by atoms with E-state index in [1.165, 1.54) is 0 Å². The fourth-order valence-electron chi connectivity index (χ4n) is 3.61. The zero-order valence-electron chi connectivity index (χ0n) is 15.7. The van der Waals surface area contributed by atoms with E-state index in [-0.39, 0.29) is 5.91 Å². The summed E-state index contributed by atoms with van der Waals surface area (Å²) in [6.45, 7) is 0. The molecule has 142 valence electrons. The second-order valence-corrected chi connectivity index (χ2v) is 6.91. The molecule has 0 atom stereocenters. The third-order valence-corrected chi connectivity index (χ3v) is 5.13. The predicted molar refractivity (Wildman–Crippen MR) is 115 cm³/mol. The molecule has 0 aliphatic carbocycles. The molecule has 0 fully saturated rings. The SMILES string of the molecule is CN(C(=O)c1cc(-c2c[nH]c3cnc(N)cc23)cc2cn[nH]c12)c1ccccc1. The molecule has 7 heteroatoms. The van der Waals surface area contributed by atoms with Gasteiger partial charge in [-0.25, -0.2) is 4.98 Å². The molecule has 5 rings (SSSR count). The number of nitrogens with one attached hydrogen (secondary N) is 2. The Hall–Kier alpha value is -4.13. The van der Waals surface area contributed by atoms with Crippen LogP contribution in [0.2, 0.25) is 0 Å². The molecule has 1 amide bonds. The van der Waals surface area contributed by atoms with Crippen LogP contribution in [0.3, 0.4) is 0 Å². The third-order valence-electron chi connectivity index (χ3n) is 5.13. The molecule has 0 bridgehead atoms. The minimum Gasteiger partial charge on any atom is -0.384 e. The average molecular weight is 382 g/mol. The summed E-state index contributed by atoms with van der Waals surface area (Å²) in [7, 11) is 1.77. The van der Waals surface area contributed by atoms with Crippen molar-refractivity contribution in [3.8, 4) is 11.1 Å². The lowest BCUT2D eigenvalue weighted by Crippen LogP contribution is -2.26. The highest BCUT2D eigenvalue weighted by Crippen LogP contribution is 2.33. The van der Waals surface area contributed by atoms with Crippen molar-refractivity contribution in [2.24, 2.45) is 0 Å². The van der Waals surface area contributed by atoms with Crippen molar-refractivity contribution in [3.63, 3.8) is 0 Å². The molecular weight excluding hydrogens is 364 g/mol. The van der Waals surface area contributed by atoms with E-state index in [2.05, 4.69) is 20.2 Å². The minimum absolute atomic E-state index is 0.117. The largest absolute Gasteiger partial charge is 0.384 e. The van der Waals surface area contributed by atoms with Gasteiger partial charge in [-0.3, -0.25) is 9.89 Å². The number of benzene rings is 2. The van der Waals surface area contributed by atoms with Gasteiger partial charge in [0.1, 0.15) is 5.82 Å². The number of nitrogens with two attached hydrogens (primary N) is 1. The van der Waals surface area contributed by atoms with Gasteiger partial charge in [-0.1, -0.05) is 18.2 Å². The summed E-state index contributed by atoms with van der Waals surface area (Å²) in [4.78, 5) is 22.3. The molecule has 0 saturated carbocycles.